The van der Waals surface area contributed by atoms with Gasteiger partial charge in [-0.2, -0.15) is 0 Å². The average molecular weight is 365 g/mol. The molecule has 1 amide bonds. The lowest BCUT2D eigenvalue weighted by molar-refractivity contribution is 0.0945. The normalized spacial score (nSPS) is 10.1. The van der Waals surface area contributed by atoms with Crippen LogP contribution in [0.15, 0.2) is 55.1 Å². The van der Waals surface area contributed by atoms with Crippen molar-refractivity contribution in [3.05, 3.63) is 66.4 Å². The Morgan fingerprint density at radius 2 is 1.93 bits per heavy atom. The number of benzene rings is 1. The van der Waals surface area contributed by atoms with Crippen LogP contribution in [0.5, 0.6) is 11.5 Å². The summed E-state index contributed by atoms with van der Waals surface area (Å²) in [6.07, 6.45) is 4.72. The maximum absolute atomic E-state index is 12.3. The number of anilines is 2. The minimum atomic E-state index is -0.295. The molecule has 27 heavy (non-hydrogen) atoms. The van der Waals surface area contributed by atoms with Gasteiger partial charge in [0.15, 0.2) is 11.5 Å². The quantitative estimate of drug-likeness (QED) is 0.664. The zero-order valence-electron chi connectivity index (χ0n) is 15.0. The summed E-state index contributed by atoms with van der Waals surface area (Å²) in [5.41, 5.74) is 1.91. The predicted octanol–water partition coefficient (Wildman–Crippen LogP) is 2.56. The summed E-state index contributed by atoms with van der Waals surface area (Å²) in [5.74, 6) is 1.41. The molecule has 0 aliphatic heterocycles. The largest absolute Gasteiger partial charge is 0.493 e. The van der Waals surface area contributed by atoms with E-state index in [4.69, 9.17) is 9.47 Å². The predicted molar refractivity (Wildman–Crippen MR) is 100 cm³/mol. The fraction of sp³-hybridized carbons (Fsp3) is 0.158. The van der Waals surface area contributed by atoms with Crippen molar-refractivity contribution in [2.45, 2.75) is 6.54 Å². The van der Waals surface area contributed by atoms with Crippen LogP contribution < -0.4 is 20.1 Å². The number of methoxy groups -OCH3 is 2. The fourth-order valence-corrected chi connectivity index (χ4v) is 2.39. The maximum Gasteiger partial charge on any atom is 0.270 e. The highest BCUT2D eigenvalue weighted by atomic mass is 16.5. The third-order valence-corrected chi connectivity index (χ3v) is 3.73. The molecule has 138 valence electrons. The second kappa shape index (κ2) is 8.61. The summed E-state index contributed by atoms with van der Waals surface area (Å²) in [4.78, 5) is 24.5. The SMILES string of the molecule is COc1ccc(Nc2cc(C(=O)NCc3cccnc3)ncn2)cc1OC. The Morgan fingerprint density at radius 1 is 1.07 bits per heavy atom. The summed E-state index contributed by atoms with van der Waals surface area (Å²) in [7, 11) is 3.14. The minimum absolute atomic E-state index is 0.261. The summed E-state index contributed by atoms with van der Waals surface area (Å²) in [5, 5.41) is 5.93. The smallest absolute Gasteiger partial charge is 0.270 e. The van der Waals surface area contributed by atoms with Gasteiger partial charge < -0.3 is 20.1 Å². The van der Waals surface area contributed by atoms with Crippen molar-refractivity contribution in [3.63, 3.8) is 0 Å². The van der Waals surface area contributed by atoms with Gasteiger partial charge in [-0.05, 0) is 23.8 Å². The van der Waals surface area contributed by atoms with Gasteiger partial charge in [0, 0.05) is 36.8 Å². The lowest BCUT2D eigenvalue weighted by Gasteiger charge is -2.11. The molecule has 8 heteroatoms. The number of rotatable bonds is 7. The molecule has 0 saturated carbocycles. The highest BCUT2D eigenvalue weighted by Crippen LogP contribution is 2.30. The molecule has 2 heterocycles. The zero-order valence-corrected chi connectivity index (χ0v) is 15.0. The van der Waals surface area contributed by atoms with Crippen LogP contribution in [0.25, 0.3) is 0 Å². The number of ether oxygens (including phenoxy) is 2. The summed E-state index contributed by atoms with van der Waals surface area (Å²) < 4.78 is 10.5. The molecule has 0 aliphatic carbocycles. The van der Waals surface area contributed by atoms with Crippen molar-refractivity contribution in [1.82, 2.24) is 20.3 Å². The van der Waals surface area contributed by atoms with Crippen molar-refractivity contribution in [2.75, 3.05) is 19.5 Å². The van der Waals surface area contributed by atoms with Crippen molar-refractivity contribution in [3.8, 4) is 11.5 Å². The fourth-order valence-electron chi connectivity index (χ4n) is 2.39. The maximum atomic E-state index is 12.3. The Bertz CT molecular complexity index is 918. The Hall–Kier alpha value is -3.68. The van der Waals surface area contributed by atoms with E-state index in [2.05, 4.69) is 25.6 Å². The van der Waals surface area contributed by atoms with E-state index in [-0.39, 0.29) is 11.6 Å². The number of hydrogen-bond acceptors (Lipinski definition) is 7. The van der Waals surface area contributed by atoms with Gasteiger partial charge in [-0.1, -0.05) is 6.07 Å². The van der Waals surface area contributed by atoms with Gasteiger partial charge in [0.2, 0.25) is 0 Å². The molecule has 0 atom stereocenters. The molecule has 0 unspecified atom stereocenters. The van der Waals surface area contributed by atoms with E-state index in [1.54, 1.807) is 44.8 Å². The number of aromatic nitrogens is 3. The van der Waals surface area contributed by atoms with Gasteiger partial charge in [-0.3, -0.25) is 9.78 Å². The average Bonchev–Trinajstić information content (AvgIpc) is 2.73. The summed E-state index contributed by atoms with van der Waals surface area (Å²) in [6, 6.07) is 10.7. The Labute approximate surface area is 156 Å². The van der Waals surface area contributed by atoms with E-state index in [1.165, 1.54) is 6.33 Å². The van der Waals surface area contributed by atoms with Gasteiger partial charge >= 0.3 is 0 Å². The molecule has 2 N–H and O–H groups in total. The monoisotopic (exact) mass is 365 g/mol. The topological polar surface area (TPSA) is 98.3 Å². The molecule has 2 aromatic heterocycles. The van der Waals surface area contributed by atoms with Crippen LogP contribution in [0.4, 0.5) is 11.5 Å². The lowest BCUT2D eigenvalue weighted by Crippen LogP contribution is -2.24. The van der Waals surface area contributed by atoms with E-state index in [1.807, 2.05) is 18.2 Å². The first-order chi connectivity index (χ1) is 13.2. The third kappa shape index (κ3) is 4.69. The van der Waals surface area contributed by atoms with Gasteiger partial charge in [0.05, 0.1) is 14.2 Å². The Kier molecular flexibility index (Phi) is 5.78. The van der Waals surface area contributed by atoms with Crippen LogP contribution in [0.1, 0.15) is 16.1 Å². The van der Waals surface area contributed by atoms with Crippen LogP contribution in [0, 0.1) is 0 Å². The van der Waals surface area contributed by atoms with Crippen molar-refractivity contribution >= 4 is 17.4 Å². The standard InChI is InChI=1S/C19H19N5O3/c1-26-16-6-5-14(8-17(16)27-2)24-18-9-15(22-12-23-18)19(25)21-11-13-4-3-7-20-10-13/h3-10,12H,11H2,1-2H3,(H,21,25)(H,22,23,24). The molecule has 0 bridgehead atoms. The molecule has 0 spiro atoms. The number of hydrogen-bond donors (Lipinski definition) is 2. The molecule has 0 fully saturated rings. The highest BCUT2D eigenvalue weighted by Gasteiger charge is 2.10. The highest BCUT2D eigenvalue weighted by molar-refractivity contribution is 5.92. The molecule has 0 saturated heterocycles. The Balaban J connectivity index is 1.69. The first-order valence-corrected chi connectivity index (χ1v) is 8.18. The van der Waals surface area contributed by atoms with Crippen LogP contribution >= 0.6 is 0 Å². The van der Waals surface area contributed by atoms with Crippen LogP contribution in [-0.4, -0.2) is 35.1 Å². The van der Waals surface area contributed by atoms with Crippen molar-refractivity contribution < 1.29 is 14.3 Å². The van der Waals surface area contributed by atoms with E-state index in [0.29, 0.717) is 23.9 Å². The van der Waals surface area contributed by atoms with Crippen molar-refractivity contribution in [1.29, 1.82) is 0 Å². The Morgan fingerprint density at radius 3 is 2.67 bits per heavy atom. The molecule has 0 aliphatic rings. The first-order valence-electron chi connectivity index (χ1n) is 8.18. The first kappa shape index (κ1) is 18.1. The zero-order chi connectivity index (χ0) is 19.1. The molecule has 3 aromatic rings. The minimum Gasteiger partial charge on any atom is -0.493 e. The van der Waals surface area contributed by atoms with E-state index in [9.17, 15) is 4.79 Å². The second-order valence-electron chi connectivity index (χ2n) is 5.53. The number of nitrogens with one attached hydrogen (secondary N) is 2. The number of amides is 1. The number of carbonyl (C=O) groups excluding carboxylic acids is 1. The van der Waals surface area contributed by atoms with Gasteiger partial charge in [0.25, 0.3) is 5.91 Å². The van der Waals surface area contributed by atoms with E-state index >= 15 is 0 Å². The van der Waals surface area contributed by atoms with Gasteiger partial charge in [0.1, 0.15) is 17.8 Å². The lowest BCUT2D eigenvalue weighted by atomic mass is 10.2. The van der Waals surface area contributed by atoms with Crippen LogP contribution in [-0.2, 0) is 6.54 Å². The molecular weight excluding hydrogens is 346 g/mol. The molecule has 0 radical (unpaired) electrons. The molecule has 8 nitrogen and oxygen atoms in total. The number of pyridine rings is 1. The van der Waals surface area contributed by atoms with Gasteiger partial charge in [-0.25, -0.2) is 9.97 Å². The van der Waals surface area contributed by atoms with E-state index < -0.39 is 0 Å². The number of nitrogens with zero attached hydrogens (tertiary/aromatic N) is 3. The van der Waals surface area contributed by atoms with Crippen LogP contribution in [0.3, 0.4) is 0 Å². The summed E-state index contributed by atoms with van der Waals surface area (Å²) in [6.45, 7) is 0.370. The van der Waals surface area contributed by atoms with Gasteiger partial charge in [-0.15, -0.1) is 0 Å². The second-order valence-corrected chi connectivity index (χ2v) is 5.53. The van der Waals surface area contributed by atoms with E-state index in [0.717, 1.165) is 11.3 Å². The van der Waals surface area contributed by atoms with Crippen LogP contribution in [0.2, 0.25) is 0 Å². The third-order valence-electron chi connectivity index (χ3n) is 3.73. The number of carbonyl (C=O) groups is 1. The summed E-state index contributed by atoms with van der Waals surface area (Å²) >= 11 is 0. The molecular formula is C19H19N5O3. The molecule has 1 aromatic carbocycles. The molecule has 3 rings (SSSR count). The van der Waals surface area contributed by atoms with Crippen molar-refractivity contribution in [2.24, 2.45) is 0 Å².